The maximum atomic E-state index is 8.23. The summed E-state index contributed by atoms with van der Waals surface area (Å²) in [6.45, 7) is 3.24. The molecule has 0 aliphatic rings. The van der Waals surface area contributed by atoms with Crippen molar-refractivity contribution in [3.05, 3.63) is 59.4 Å². The molecule has 138 valence electrons. The van der Waals surface area contributed by atoms with Crippen molar-refractivity contribution in [2.24, 2.45) is 12.9 Å². The molecule has 0 radical (unpaired) electrons. The molecule has 0 bridgehead atoms. The summed E-state index contributed by atoms with van der Waals surface area (Å²) in [5.41, 5.74) is 6.24. The molecule has 0 saturated carbocycles. The Labute approximate surface area is 166 Å². The van der Waals surface area contributed by atoms with Crippen molar-refractivity contribution in [1.82, 2.24) is 4.98 Å². The molecule has 1 unspecified atom stereocenters. The molecule has 0 fully saturated rings. The second-order valence-corrected chi connectivity index (χ2v) is 7.23. The van der Waals surface area contributed by atoms with Gasteiger partial charge in [-0.3, -0.25) is 0 Å². The molecule has 1 aromatic carbocycles. The predicted octanol–water partition coefficient (Wildman–Crippen LogP) is 5.54. The van der Waals surface area contributed by atoms with E-state index in [1.165, 1.54) is 12.5 Å². The number of aromatic nitrogens is 2. The minimum absolute atomic E-state index is 0.0237. The summed E-state index contributed by atoms with van der Waals surface area (Å²) in [7, 11) is 2.02. The van der Waals surface area contributed by atoms with E-state index in [2.05, 4.69) is 47.8 Å². The van der Waals surface area contributed by atoms with Crippen LogP contribution >= 0.6 is 0 Å². The van der Waals surface area contributed by atoms with Crippen molar-refractivity contribution < 1.29 is 14.5 Å². The first-order chi connectivity index (χ1) is 14.5. The second-order valence-electron chi connectivity index (χ2n) is 7.23. The first-order valence-corrected chi connectivity index (χ1v) is 9.32. The van der Waals surface area contributed by atoms with Gasteiger partial charge in [-0.05, 0) is 48.9 Å². The number of benzene rings is 1. The van der Waals surface area contributed by atoms with Crippen LogP contribution in [0.4, 0.5) is 0 Å². The summed E-state index contributed by atoms with van der Waals surface area (Å²) < 4.78 is 39.5. The minimum Gasteiger partial charge on any atom is -0.437 e. The van der Waals surface area contributed by atoms with Gasteiger partial charge in [0.15, 0.2) is 11.8 Å². The van der Waals surface area contributed by atoms with Crippen molar-refractivity contribution >= 4 is 22.1 Å². The molecule has 0 saturated heterocycles. The standard InChI is InChI=1S/C24H27N2O/c1-6-17-11-12-26(5)21(14-17)22-16(4)7-9-19-20-10-8-18(13-15(2)3)25-24(20)27-23(19)22/h7-12,14-15H,6,13H2,1-5H3/q+1/i2D3,15D. The lowest BCUT2D eigenvalue weighted by Crippen LogP contribution is -2.30. The summed E-state index contributed by atoms with van der Waals surface area (Å²) in [4.78, 5) is 4.59. The van der Waals surface area contributed by atoms with Gasteiger partial charge in [0.05, 0.1) is 5.56 Å². The van der Waals surface area contributed by atoms with Crippen LogP contribution in [0.2, 0.25) is 0 Å². The average Bonchev–Trinajstić information content (AvgIpc) is 3.05. The minimum atomic E-state index is -2.39. The van der Waals surface area contributed by atoms with Crippen LogP contribution in [-0.2, 0) is 19.9 Å². The van der Waals surface area contributed by atoms with E-state index in [0.717, 1.165) is 39.6 Å². The third-order valence-corrected chi connectivity index (χ3v) is 5.10. The van der Waals surface area contributed by atoms with Crippen molar-refractivity contribution in [2.75, 3.05) is 0 Å². The molecule has 27 heavy (non-hydrogen) atoms. The van der Waals surface area contributed by atoms with Gasteiger partial charge in [0.1, 0.15) is 7.05 Å². The first-order valence-electron chi connectivity index (χ1n) is 11.3. The lowest BCUT2D eigenvalue weighted by Gasteiger charge is -2.06. The summed E-state index contributed by atoms with van der Waals surface area (Å²) in [6.07, 6.45) is 3.04. The van der Waals surface area contributed by atoms with E-state index in [1.807, 2.05) is 19.2 Å². The van der Waals surface area contributed by atoms with E-state index in [0.29, 0.717) is 11.4 Å². The van der Waals surface area contributed by atoms with Gasteiger partial charge in [-0.25, -0.2) is 9.55 Å². The van der Waals surface area contributed by atoms with E-state index in [1.54, 1.807) is 6.07 Å². The van der Waals surface area contributed by atoms with Gasteiger partial charge in [0.25, 0.3) is 0 Å². The highest BCUT2D eigenvalue weighted by Gasteiger charge is 2.21. The number of nitrogens with zero attached hydrogens (tertiary/aromatic N) is 2. The van der Waals surface area contributed by atoms with Crippen molar-refractivity contribution in [2.45, 2.75) is 40.5 Å². The number of hydrogen-bond donors (Lipinski definition) is 0. The highest BCUT2D eigenvalue weighted by Crippen LogP contribution is 2.36. The van der Waals surface area contributed by atoms with Gasteiger partial charge in [0, 0.05) is 34.1 Å². The first kappa shape index (κ1) is 13.5. The van der Waals surface area contributed by atoms with Crippen LogP contribution in [-0.4, -0.2) is 4.98 Å². The largest absolute Gasteiger partial charge is 0.437 e. The third kappa shape index (κ3) is 3.12. The Kier molecular flexibility index (Phi) is 3.40. The second kappa shape index (κ2) is 6.80. The smallest absolute Gasteiger partial charge is 0.227 e. The fourth-order valence-corrected chi connectivity index (χ4v) is 3.63. The molecule has 3 aromatic heterocycles. The molecule has 3 nitrogen and oxygen atoms in total. The van der Waals surface area contributed by atoms with E-state index in [-0.39, 0.29) is 6.42 Å². The zero-order valence-electron chi connectivity index (χ0n) is 20.3. The van der Waals surface area contributed by atoms with Crippen LogP contribution in [0, 0.1) is 12.8 Å². The fourth-order valence-electron chi connectivity index (χ4n) is 3.63. The maximum Gasteiger partial charge on any atom is 0.227 e. The van der Waals surface area contributed by atoms with E-state index >= 15 is 0 Å². The average molecular weight is 364 g/mol. The number of aryl methyl sites for hydroxylation is 3. The van der Waals surface area contributed by atoms with E-state index in [4.69, 9.17) is 9.90 Å². The van der Waals surface area contributed by atoms with Gasteiger partial charge in [-0.15, -0.1) is 0 Å². The topological polar surface area (TPSA) is 29.9 Å². The molecule has 0 N–H and O–H groups in total. The zero-order valence-corrected chi connectivity index (χ0v) is 16.3. The summed E-state index contributed by atoms with van der Waals surface area (Å²) >= 11 is 0. The van der Waals surface area contributed by atoms with Crippen LogP contribution in [0.1, 0.15) is 43.0 Å². The quantitative estimate of drug-likeness (QED) is 0.445. The van der Waals surface area contributed by atoms with Crippen molar-refractivity contribution in [1.29, 1.82) is 0 Å². The zero-order chi connectivity index (χ0) is 22.6. The molecule has 3 heteroatoms. The highest BCUT2D eigenvalue weighted by atomic mass is 16.3. The molecule has 0 aliphatic heterocycles. The van der Waals surface area contributed by atoms with E-state index in [9.17, 15) is 0 Å². The highest BCUT2D eigenvalue weighted by molar-refractivity contribution is 6.08. The van der Waals surface area contributed by atoms with Gasteiger partial charge >= 0.3 is 0 Å². The molecule has 3 heterocycles. The van der Waals surface area contributed by atoms with Gasteiger partial charge in [-0.2, -0.15) is 0 Å². The maximum absolute atomic E-state index is 8.23. The molecule has 4 aromatic rings. The Morgan fingerprint density at radius 3 is 2.81 bits per heavy atom. The Morgan fingerprint density at radius 1 is 1.22 bits per heavy atom. The normalized spacial score (nSPS) is 16.6. The van der Waals surface area contributed by atoms with Gasteiger partial charge in [-0.1, -0.05) is 32.8 Å². The van der Waals surface area contributed by atoms with Gasteiger partial charge < -0.3 is 4.42 Å². The number of rotatable bonds is 4. The SMILES string of the molecule is [2H]C([2H])([2H])C([2H])(C)Cc1ccc2c(n1)oc1c(-c3cc(CC)cc[n+]3C)c(C)ccc12. The Morgan fingerprint density at radius 2 is 2.04 bits per heavy atom. The van der Waals surface area contributed by atoms with E-state index < -0.39 is 12.7 Å². The lowest BCUT2D eigenvalue weighted by atomic mass is 9.99. The molecular weight excluding hydrogens is 332 g/mol. The van der Waals surface area contributed by atoms with Crippen molar-refractivity contribution in [3.8, 4) is 11.3 Å². The summed E-state index contributed by atoms with van der Waals surface area (Å²) in [5.74, 6) is -1.62. The Bertz CT molecular complexity index is 1290. The molecule has 0 aliphatic carbocycles. The number of pyridine rings is 2. The molecule has 4 rings (SSSR count). The Hall–Kier alpha value is -2.68. The molecular formula is C24H27N2O+. The van der Waals surface area contributed by atoms with Crippen LogP contribution < -0.4 is 4.57 Å². The lowest BCUT2D eigenvalue weighted by molar-refractivity contribution is -0.660. The number of fused-ring (bicyclic) bond motifs is 3. The predicted molar refractivity (Wildman–Crippen MR) is 111 cm³/mol. The number of hydrogen-bond acceptors (Lipinski definition) is 2. The van der Waals surface area contributed by atoms with Crippen LogP contribution in [0.5, 0.6) is 0 Å². The summed E-state index contributed by atoms with van der Waals surface area (Å²) in [5, 5.41) is 1.86. The summed E-state index contributed by atoms with van der Waals surface area (Å²) in [6, 6.07) is 12.2. The van der Waals surface area contributed by atoms with Crippen molar-refractivity contribution in [3.63, 3.8) is 0 Å². The van der Waals surface area contributed by atoms with Gasteiger partial charge in [0.2, 0.25) is 11.4 Å². The molecule has 0 spiro atoms. The van der Waals surface area contributed by atoms with Crippen LogP contribution in [0.3, 0.4) is 0 Å². The number of furan rings is 1. The molecule has 0 amide bonds. The monoisotopic (exact) mass is 363 g/mol. The Balaban J connectivity index is 1.90. The third-order valence-electron chi connectivity index (χ3n) is 5.10. The van der Waals surface area contributed by atoms with Crippen LogP contribution in [0.25, 0.3) is 33.3 Å². The van der Waals surface area contributed by atoms with Crippen LogP contribution in [0.15, 0.2) is 47.0 Å². The molecule has 1 atom stereocenters. The fraction of sp³-hybridized carbons (Fsp3) is 0.333.